The number of hydrogen-bond donors (Lipinski definition) is 2. The summed E-state index contributed by atoms with van der Waals surface area (Å²) in [6.07, 6.45) is 4.23. The largest absolute Gasteiger partial charge is 0.315 e. The molecule has 18 heavy (non-hydrogen) atoms. The van der Waals surface area contributed by atoms with E-state index in [2.05, 4.69) is 52.5 Å². The van der Waals surface area contributed by atoms with Gasteiger partial charge in [-0.25, -0.2) is 0 Å². The summed E-state index contributed by atoms with van der Waals surface area (Å²) in [5.74, 6) is 6.72. The van der Waals surface area contributed by atoms with E-state index < -0.39 is 0 Å². The molecule has 2 aromatic rings. The first-order chi connectivity index (χ1) is 8.75. The maximum absolute atomic E-state index is 4.02. The molecule has 3 nitrogen and oxygen atoms in total. The zero-order chi connectivity index (χ0) is 12.4. The first-order valence-corrected chi connectivity index (χ1v) is 6.42. The van der Waals surface area contributed by atoms with Gasteiger partial charge in [-0.1, -0.05) is 11.8 Å². The number of benzene rings is 1. The van der Waals surface area contributed by atoms with Crippen molar-refractivity contribution in [1.29, 1.82) is 0 Å². The van der Waals surface area contributed by atoms with Crippen LogP contribution in [0.4, 0.5) is 0 Å². The van der Waals surface area contributed by atoms with Gasteiger partial charge in [0.2, 0.25) is 0 Å². The highest BCUT2D eigenvalue weighted by molar-refractivity contribution is 5.79. The molecule has 92 valence electrons. The first-order valence-electron chi connectivity index (χ1n) is 6.42. The van der Waals surface area contributed by atoms with Gasteiger partial charge < -0.3 is 5.32 Å². The van der Waals surface area contributed by atoms with Crippen molar-refractivity contribution >= 4 is 10.9 Å². The summed E-state index contributed by atoms with van der Waals surface area (Å²) in [5, 5.41) is 11.5. The summed E-state index contributed by atoms with van der Waals surface area (Å²) in [5.41, 5.74) is 2.22. The minimum Gasteiger partial charge on any atom is -0.315 e. The van der Waals surface area contributed by atoms with Crippen LogP contribution in [0.15, 0.2) is 24.4 Å². The van der Waals surface area contributed by atoms with E-state index in [1.54, 1.807) is 0 Å². The molecule has 0 amide bonds. The number of fused-ring (bicyclic) bond motifs is 1. The van der Waals surface area contributed by atoms with E-state index in [0.29, 0.717) is 0 Å². The van der Waals surface area contributed by atoms with Crippen LogP contribution in [0.5, 0.6) is 0 Å². The van der Waals surface area contributed by atoms with Gasteiger partial charge in [0, 0.05) is 22.9 Å². The number of nitrogens with zero attached hydrogens (tertiary/aromatic N) is 1. The fourth-order valence-corrected chi connectivity index (χ4v) is 2.40. The summed E-state index contributed by atoms with van der Waals surface area (Å²) in [6, 6.07) is 6.18. The van der Waals surface area contributed by atoms with Gasteiger partial charge in [0.05, 0.1) is 11.7 Å². The minimum absolute atomic E-state index is 0.112. The maximum atomic E-state index is 4.02. The highest BCUT2D eigenvalue weighted by atomic mass is 15.1. The topological polar surface area (TPSA) is 40.7 Å². The highest BCUT2D eigenvalue weighted by Gasteiger charge is 2.23. The summed E-state index contributed by atoms with van der Waals surface area (Å²) >= 11 is 0. The zero-order valence-corrected chi connectivity index (χ0v) is 10.6. The third-order valence-corrected chi connectivity index (χ3v) is 3.55. The number of rotatable bonds is 0. The van der Waals surface area contributed by atoms with E-state index in [1.807, 2.05) is 6.20 Å². The van der Waals surface area contributed by atoms with E-state index in [4.69, 9.17) is 0 Å². The molecule has 0 saturated carbocycles. The Morgan fingerprint density at radius 1 is 1.39 bits per heavy atom. The van der Waals surface area contributed by atoms with Crippen LogP contribution in [-0.2, 0) is 0 Å². The molecule has 0 spiro atoms. The van der Waals surface area contributed by atoms with Crippen LogP contribution in [0.1, 0.15) is 25.3 Å². The normalized spacial score (nSPS) is 23.6. The predicted octanol–water partition coefficient (Wildman–Crippen LogP) is 2.30. The average molecular weight is 239 g/mol. The quantitative estimate of drug-likeness (QED) is 0.693. The Kier molecular flexibility index (Phi) is 2.81. The molecule has 2 heterocycles. The van der Waals surface area contributed by atoms with Crippen molar-refractivity contribution in [1.82, 2.24) is 15.5 Å². The Balaban J connectivity index is 1.87. The third-order valence-electron chi connectivity index (χ3n) is 3.55. The molecule has 0 bridgehead atoms. The van der Waals surface area contributed by atoms with E-state index in [-0.39, 0.29) is 5.41 Å². The van der Waals surface area contributed by atoms with Crippen molar-refractivity contribution in [2.24, 2.45) is 5.41 Å². The van der Waals surface area contributed by atoms with Crippen molar-refractivity contribution in [3.8, 4) is 11.8 Å². The molecule has 1 saturated heterocycles. The lowest BCUT2D eigenvalue weighted by atomic mass is 9.83. The fraction of sp³-hybridized carbons (Fsp3) is 0.400. The molecule has 1 fully saturated rings. The standard InChI is InChI=1S/C15H17N3/c1-15(6-2-8-16-11-15)7-5-12-3-4-13-10-17-18-14(13)9-12/h3-4,9-10,16H,2,6,8,11H2,1H3,(H,17,18). The minimum atomic E-state index is 0.112. The van der Waals surface area contributed by atoms with Crippen LogP contribution < -0.4 is 5.32 Å². The number of piperidine rings is 1. The second-order valence-corrected chi connectivity index (χ2v) is 5.26. The Hall–Kier alpha value is -1.79. The molecule has 1 unspecified atom stereocenters. The molecular formula is C15H17N3. The Morgan fingerprint density at radius 2 is 2.33 bits per heavy atom. The van der Waals surface area contributed by atoms with Gasteiger partial charge in [0.25, 0.3) is 0 Å². The van der Waals surface area contributed by atoms with E-state index in [1.165, 1.54) is 12.8 Å². The Morgan fingerprint density at radius 3 is 3.17 bits per heavy atom. The monoisotopic (exact) mass is 239 g/mol. The van der Waals surface area contributed by atoms with Crippen molar-refractivity contribution < 1.29 is 0 Å². The molecule has 0 aliphatic carbocycles. The van der Waals surface area contributed by atoms with Crippen LogP contribution in [-0.4, -0.2) is 23.3 Å². The van der Waals surface area contributed by atoms with Crippen LogP contribution >= 0.6 is 0 Å². The summed E-state index contributed by atoms with van der Waals surface area (Å²) < 4.78 is 0. The molecule has 3 rings (SSSR count). The van der Waals surface area contributed by atoms with Gasteiger partial charge in [-0.3, -0.25) is 5.10 Å². The molecule has 3 heteroatoms. The number of hydrogen-bond acceptors (Lipinski definition) is 2. The van der Waals surface area contributed by atoms with Crippen molar-refractivity contribution in [2.45, 2.75) is 19.8 Å². The van der Waals surface area contributed by atoms with E-state index >= 15 is 0 Å². The van der Waals surface area contributed by atoms with Crippen LogP contribution in [0.25, 0.3) is 10.9 Å². The molecule has 1 aromatic heterocycles. The summed E-state index contributed by atoms with van der Waals surface area (Å²) in [7, 11) is 0. The van der Waals surface area contributed by atoms with Crippen LogP contribution in [0, 0.1) is 17.3 Å². The first kappa shape index (κ1) is 11.3. The molecular weight excluding hydrogens is 222 g/mol. The smallest absolute Gasteiger partial charge is 0.0662 e. The van der Waals surface area contributed by atoms with Crippen LogP contribution in [0.2, 0.25) is 0 Å². The predicted molar refractivity (Wildman–Crippen MR) is 73.2 cm³/mol. The third kappa shape index (κ3) is 2.25. The molecule has 2 N–H and O–H groups in total. The molecule has 0 radical (unpaired) electrons. The lowest BCUT2D eigenvalue weighted by Gasteiger charge is -2.28. The van der Waals surface area contributed by atoms with Gasteiger partial charge in [-0.05, 0) is 44.5 Å². The van der Waals surface area contributed by atoms with Gasteiger partial charge in [-0.15, -0.1) is 0 Å². The average Bonchev–Trinajstić information content (AvgIpc) is 2.85. The van der Waals surface area contributed by atoms with Crippen LogP contribution in [0.3, 0.4) is 0 Å². The van der Waals surface area contributed by atoms with Gasteiger partial charge >= 0.3 is 0 Å². The molecule has 1 atom stereocenters. The number of aromatic nitrogens is 2. The van der Waals surface area contributed by atoms with E-state index in [9.17, 15) is 0 Å². The maximum Gasteiger partial charge on any atom is 0.0662 e. The Bertz CT molecular complexity index is 609. The van der Waals surface area contributed by atoms with Gasteiger partial charge in [-0.2, -0.15) is 5.10 Å². The Labute approximate surface area is 107 Å². The highest BCUT2D eigenvalue weighted by Crippen LogP contribution is 2.24. The van der Waals surface area contributed by atoms with Crippen molar-refractivity contribution in [2.75, 3.05) is 13.1 Å². The lowest BCUT2D eigenvalue weighted by molar-refractivity contribution is 0.320. The summed E-state index contributed by atoms with van der Waals surface area (Å²) in [6.45, 7) is 4.35. The SMILES string of the molecule is CC1(C#Cc2ccc3cn[nH]c3c2)CCCNC1. The number of nitrogens with one attached hydrogen (secondary N) is 2. The second-order valence-electron chi connectivity index (χ2n) is 5.26. The van der Waals surface area contributed by atoms with E-state index in [0.717, 1.165) is 29.6 Å². The molecule has 1 aromatic carbocycles. The van der Waals surface area contributed by atoms with Crippen molar-refractivity contribution in [3.05, 3.63) is 30.0 Å². The zero-order valence-electron chi connectivity index (χ0n) is 10.6. The molecule has 1 aliphatic rings. The number of H-pyrrole nitrogens is 1. The number of aromatic amines is 1. The van der Waals surface area contributed by atoms with Gasteiger partial charge in [0.15, 0.2) is 0 Å². The molecule has 1 aliphatic heterocycles. The fourth-order valence-electron chi connectivity index (χ4n) is 2.40. The summed E-state index contributed by atoms with van der Waals surface area (Å²) in [4.78, 5) is 0. The lowest BCUT2D eigenvalue weighted by Crippen LogP contribution is -2.36. The second kappa shape index (κ2) is 4.47. The van der Waals surface area contributed by atoms with Gasteiger partial charge in [0.1, 0.15) is 0 Å². The van der Waals surface area contributed by atoms with Crippen molar-refractivity contribution in [3.63, 3.8) is 0 Å².